The minimum atomic E-state index is 0.789. The molecule has 28 heavy (non-hydrogen) atoms. The van der Waals surface area contributed by atoms with Crippen LogP contribution in [0.15, 0.2) is 36.7 Å². The van der Waals surface area contributed by atoms with Crippen LogP contribution in [0.3, 0.4) is 0 Å². The highest BCUT2D eigenvalue weighted by Crippen LogP contribution is 2.35. The molecule has 0 spiro atoms. The van der Waals surface area contributed by atoms with E-state index in [1.54, 1.807) is 6.33 Å². The fraction of sp³-hybridized carbons (Fsp3) is 0.500. The highest BCUT2D eigenvalue weighted by atomic mass is 32.1. The molecule has 3 aromatic rings. The van der Waals surface area contributed by atoms with Gasteiger partial charge in [-0.15, -0.1) is 0 Å². The van der Waals surface area contributed by atoms with Crippen LogP contribution < -0.4 is 4.90 Å². The number of aromatic nitrogens is 3. The van der Waals surface area contributed by atoms with Crippen LogP contribution in [-0.2, 0) is 0 Å². The SMILES string of the molecule is CC1CCC(N2CCN(c3ncnc4c(-c5ccccc5)nsc34)CC2)CC1. The lowest BCUT2D eigenvalue weighted by molar-refractivity contribution is 0.132. The lowest BCUT2D eigenvalue weighted by atomic mass is 9.86. The number of fused-ring (bicyclic) bond motifs is 1. The molecule has 6 heteroatoms. The minimum absolute atomic E-state index is 0.789. The largest absolute Gasteiger partial charge is 0.353 e. The molecule has 1 aliphatic carbocycles. The van der Waals surface area contributed by atoms with E-state index in [-0.39, 0.29) is 0 Å². The van der Waals surface area contributed by atoms with Crippen molar-refractivity contribution in [3.05, 3.63) is 36.7 Å². The number of rotatable bonds is 3. The van der Waals surface area contributed by atoms with Crippen LogP contribution in [0, 0.1) is 5.92 Å². The Hall–Kier alpha value is -2.05. The summed E-state index contributed by atoms with van der Waals surface area (Å²) in [7, 11) is 0. The van der Waals surface area contributed by atoms with E-state index in [1.165, 1.54) is 37.2 Å². The Kier molecular flexibility index (Phi) is 4.99. The number of hydrogen-bond donors (Lipinski definition) is 0. The molecule has 5 rings (SSSR count). The molecule has 2 fully saturated rings. The second-order valence-electron chi connectivity index (χ2n) is 8.21. The molecule has 0 amide bonds. The van der Waals surface area contributed by atoms with E-state index in [1.807, 2.05) is 18.2 Å². The molecule has 0 unspecified atom stereocenters. The summed E-state index contributed by atoms with van der Waals surface area (Å²) in [6.07, 6.45) is 7.22. The molecule has 0 N–H and O–H groups in total. The molecule has 146 valence electrons. The van der Waals surface area contributed by atoms with E-state index in [2.05, 4.69) is 38.8 Å². The molecule has 2 aromatic heterocycles. The van der Waals surface area contributed by atoms with Crippen molar-refractivity contribution < 1.29 is 0 Å². The Labute approximate surface area is 170 Å². The summed E-state index contributed by atoms with van der Waals surface area (Å²) in [5.41, 5.74) is 3.07. The summed E-state index contributed by atoms with van der Waals surface area (Å²) < 4.78 is 5.83. The summed E-state index contributed by atoms with van der Waals surface area (Å²) in [4.78, 5) is 14.4. The zero-order chi connectivity index (χ0) is 18.9. The Balaban J connectivity index is 1.34. The first kappa shape index (κ1) is 18.0. The van der Waals surface area contributed by atoms with Crippen molar-refractivity contribution in [2.75, 3.05) is 31.1 Å². The molecule has 5 nitrogen and oxygen atoms in total. The molecule has 1 aromatic carbocycles. The average molecular weight is 394 g/mol. The van der Waals surface area contributed by atoms with Crippen LogP contribution in [0.4, 0.5) is 5.82 Å². The van der Waals surface area contributed by atoms with Crippen LogP contribution in [0.1, 0.15) is 32.6 Å². The third kappa shape index (κ3) is 3.40. The quantitative estimate of drug-likeness (QED) is 0.658. The van der Waals surface area contributed by atoms with Gasteiger partial charge < -0.3 is 4.90 Å². The first-order valence-electron chi connectivity index (χ1n) is 10.4. The maximum atomic E-state index is 4.72. The molecular weight excluding hydrogens is 366 g/mol. The average Bonchev–Trinajstić information content (AvgIpc) is 3.19. The summed E-state index contributed by atoms with van der Waals surface area (Å²) in [6.45, 7) is 6.74. The molecular formula is C22H27N5S. The van der Waals surface area contributed by atoms with Gasteiger partial charge in [0.1, 0.15) is 22.2 Å². The predicted octanol–water partition coefficient (Wildman–Crippen LogP) is 4.45. The second kappa shape index (κ2) is 7.76. The van der Waals surface area contributed by atoms with Crippen molar-refractivity contribution in [2.45, 2.75) is 38.6 Å². The van der Waals surface area contributed by atoms with E-state index in [4.69, 9.17) is 4.37 Å². The zero-order valence-corrected chi connectivity index (χ0v) is 17.2. The summed E-state index contributed by atoms with van der Waals surface area (Å²) in [5, 5.41) is 0. The van der Waals surface area contributed by atoms with Crippen LogP contribution in [-0.4, -0.2) is 51.5 Å². The number of nitrogens with zero attached hydrogens (tertiary/aromatic N) is 5. The van der Waals surface area contributed by atoms with E-state index < -0.39 is 0 Å². The number of benzene rings is 1. The first-order valence-corrected chi connectivity index (χ1v) is 11.2. The van der Waals surface area contributed by atoms with Gasteiger partial charge in [-0.2, -0.15) is 4.37 Å². The van der Waals surface area contributed by atoms with Gasteiger partial charge in [0.25, 0.3) is 0 Å². The number of hydrogen-bond acceptors (Lipinski definition) is 6. The minimum Gasteiger partial charge on any atom is -0.353 e. The van der Waals surface area contributed by atoms with Crippen LogP contribution in [0.5, 0.6) is 0 Å². The van der Waals surface area contributed by atoms with Crippen molar-refractivity contribution in [3.8, 4) is 11.3 Å². The Morgan fingerprint density at radius 1 is 0.929 bits per heavy atom. The van der Waals surface area contributed by atoms with Crippen LogP contribution in [0.2, 0.25) is 0 Å². The van der Waals surface area contributed by atoms with Crippen LogP contribution in [0.25, 0.3) is 21.5 Å². The molecule has 0 atom stereocenters. The van der Waals surface area contributed by atoms with Gasteiger partial charge in [-0.25, -0.2) is 9.97 Å². The standard InChI is InChI=1S/C22H27N5S/c1-16-7-9-18(10-8-16)26-11-13-27(14-12-26)22-21-20(23-15-24-22)19(25-28-21)17-5-3-2-4-6-17/h2-6,15-16,18H,7-14H2,1H3. The highest BCUT2D eigenvalue weighted by molar-refractivity contribution is 7.14. The smallest absolute Gasteiger partial charge is 0.151 e. The fourth-order valence-corrected chi connectivity index (χ4v) is 5.54. The van der Waals surface area contributed by atoms with Gasteiger partial charge in [-0.05, 0) is 43.1 Å². The van der Waals surface area contributed by atoms with Crippen LogP contribution >= 0.6 is 11.5 Å². The summed E-state index contributed by atoms with van der Waals surface area (Å²) in [6, 6.07) is 11.1. The number of piperazine rings is 1. The first-order chi connectivity index (χ1) is 13.8. The highest BCUT2D eigenvalue weighted by Gasteiger charge is 2.28. The van der Waals surface area contributed by atoms with Crippen molar-refractivity contribution in [1.82, 2.24) is 19.2 Å². The Morgan fingerprint density at radius 2 is 1.68 bits per heavy atom. The topological polar surface area (TPSA) is 45.2 Å². The third-order valence-corrected chi connectivity index (χ3v) is 7.23. The normalized spacial score (nSPS) is 24.0. The summed E-state index contributed by atoms with van der Waals surface area (Å²) >= 11 is 1.53. The van der Waals surface area contributed by atoms with Crippen molar-refractivity contribution in [1.29, 1.82) is 0 Å². The molecule has 1 saturated heterocycles. The van der Waals surface area contributed by atoms with Crippen molar-refractivity contribution in [3.63, 3.8) is 0 Å². The van der Waals surface area contributed by atoms with E-state index in [0.717, 1.165) is 65.4 Å². The zero-order valence-electron chi connectivity index (χ0n) is 16.4. The van der Waals surface area contributed by atoms with Crippen molar-refractivity contribution in [2.24, 2.45) is 5.92 Å². The van der Waals surface area contributed by atoms with Gasteiger partial charge in [-0.3, -0.25) is 4.90 Å². The molecule has 1 saturated carbocycles. The van der Waals surface area contributed by atoms with Gasteiger partial charge in [0.2, 0.25) is 0 Å². The molecule has 1 aliphatic heterocycles. The molecule has 2 aliphatic rings. The van der Waals surface area contributed by atoms with Gasteiger partial charge in [0.15, 0.2) is 5.82 Å². The molecule has 0 bridgehead atoms. The van der Waals surface area contributed by atoms with Crippen molar-refractivity contribution >= 4 is 27.6 Å². The number of anilines is 1. The van der Waals surface area contributed by atoms with Gasteiger partial charge >= 0.3 is 0 Å². The second-order valence-corrected chi connectivity index (χ2v) is 8.98. The predicted molar refractivity (Wildman–Crippen MR) is 116 cm³/mol. The Morgan fingerprint density at radius 3 is 2.43 bits per heavy atom. The summed E-state index contributed by atoms with van der Waals surface area (Å²) in [5.74, 6) is 1.97. The maximum absolute atomic E-state index is 4.72. The van der Waals surface area contributed by atoms with E-state index in [9.17, 15) is 0 Å². The van der Waals surface area contributed by atoms with Gasteiger partial charge in [0.05, 0.1) is 0 Å². The van der Waals surface area contributed by atoms with Gasteiger partial charge in [0, 0.05) is 37.8 Å². The maximum Gasteiger partial charge on any atom is 0.151 e. The van der Waals surface area contributed by atoms with E-state index in [0.29, 0.717) is 0 Å². The van der Waals surface area contributed by atoms with E-state index >= 15 is 0 Å². The lowest BCUT2D eigenvalue weighted by Crippen LogP contribution is -2.51. The molecule has 3 heterocycles. The third-order valence-electron chi connectivity index (χ3n) is 6.40. The lowest BCUT2D eigenvalue weighted by Gasteiger charge is -2.42. The molecule has 0 radical (unpaired) electrons. The Bertz CT molecular complexity index is 925. The fourth-order valence-electron chi connectivity index (χ4n) is 4.67. The van der Waals surface area contributed by atoms with Gasteiger partial charge in [-0.1, -0.05) is 37.3 Å². The monoisotopic (exact) mass is 393 g/mol.